The molecule has 0 spiro atoms. The first-order chi connectivity index (χ1) is 12.1. The summed E-state index contributed by atoms with van der Waals surface area (Å²) in [6, 6.07) is 9.89. The normalized spacial score (nSPS) is 14.6. The summed E-state index contributed by atoms with van der Waals surface area (Å²) in [7, 11) is 0. The molecule has 1 aromatic carbocycles. The van der Waals surface area contributed by atoms with Gasteiger partial charge in [0.25, 0.3) is 11.7 Å². The molecule has 2 heterocycles. The highest BCUT2D eigenvalue weighted by Gasteiger charge is 2.19. The number of aromatic nitrogens is 1. The van der Waals surface area contributed by atoms with Crippen molar-refractivity contribution in [2.24, 2.45) is 0 Å². The predicted octanol–water partition coefficient (Wildman–Crippen LogP) is 4.64. The lowest BCUT2D eigenvalue weighted by molar-refractivity contribution is 0.102. The second-order valence-corrected chi connectivity index (χ2v) is 6.84. The zero-order chi connectivity index (χ0) is 17.6. The number of carbonyl (C=O) groups is 1. The van der Waals surface area contributed by atoms with Crippen LogP contribution in [0.1, 0.15) is 29.6 Å². The van der Waals surface area contributed by atoms with Gasteiger partial charge in [0.1, 0.15) is 5.82 Å². The summed E-state index contributed by atoms with van der Waals surface area (Å²) >= 11 is 0.481. The quantitative estimate of drug-likeness (QED) is 0.786. The van der Waals surface area contributed by atoms with Crippen molar-refractivity contribution in [3.63, 3.8) is 0 Å². The van der Waals surface area contributed by atoms with Crippen LogP contribution in [0.5, 0.6) is 0 Å². The average Bonchev–Trinajstić information content (AvgIpc) is 2.63. The zero-order valence-corrected chi connectivity index (χ0v) is 14.4. The van der Waals surface area contributed by atoms with Crippen LogP contribution >= 0.6 is 11.8 Å². The number of pyridine rings is 1. The van der Waals surface area contributed by atoms with Gasteiger partial charge in [-0.3, -0.25) is 4.79 Å². The third-order valence-electron chi connectivity index (χ3n) is 4.02. The summed E-state index contributed by atoms with van der Waals surface area (Å²) in [5.41, 5.74) is 1.09. The van der Waals surface area contributed by atoms with Crippen LogP contribution in [0.25, 0.3) is 0 Å². The number of nitrogens with zero attached hydrogens (tertiary/aromatic N) is 2. The number of carbonyl (C=O) groups excluding carboxylic acids is 1. The molecule has 132 valence electrons. The summed E-state index contributed by atoms with van der Waals surface area (Å²) in [5, 5.41) is 2.82. The fourth-order valence-electron chi connectivity index (χ4n) is 2.85. The fourth-order valence-corrected chi connectivity index (χ4v) is 3.35. The Hall–Kier alpha value is -2.15. The highest BCUT2D eigenvalue weighted by atomic mass is 32.2. The predicted molar refractivity (Wildman–Crippen MR) is 96.6 cm³/mol. The molecule has 1 aliphatic rings. The zero-order valence-electron chi connectivity index (χ0n) is 13.6. The van der Waals surface area contributed by atoms with E-state index in [9.17, 15) is 13.6 Å². The standard InChI is InChI=1S/C18H19F2N3OS/c19-18(20)25-14-8-6-13(7-9-14)22-17(24)15-5-4-10-21-16(15)23-11-2-1-3-12-23/h4-10,18H,1-3,11-12H2,(H,22,24). The van der Waals surface area contributed by atoms with Crippen LogP contribution in [0.3, 0.4) is 0 Å². The van der Waals surface area contributed by atoms with Crippen molar-refractivity contribution in [2.75, 3.05) is 23.3 Å². The monoisotopic (exact) mass is 363 g/mol. The first-order valence-electron chi connectivity index (χ1n) is 8.19. The smallest absolute Gasteiger partial charge is 0.288 e. The van der Waals surface area contributed by atoms with E-state index in [1.807, 2.05) is 0 Å². The first-order valence-corrected chi connectivity index (χ1v) is 9.07. The number of rotatable bonds is 5. The van der Waals surface area contributed by atoms with E-state index in [0.717, 1.165) is 25.9 Å². The Labute approximate surface area is 149 Å². The van der Waals surface area contributed by atoms with Crippen LogP contribution in [0.2, 0.25) is 0 Å². The molecular weight excluding hydrogens is 344 g/mol. The molecule has 1 aliphatic heterocycles. The molecule has 7 heteroatoms. The second kappa shape index (κ2) is 8.29. The molecule has 2 aromatic rings. The van der Waals surface area contributed by atoms with Gasteiger partial charge in [-0.15, -0.1) is 0 Å². The number of hydrogen-bond donors (Lipinski definition) is 1. The number of halogens is 2. The van der Waals surface area contributed by atoms with E-state index in [0.29, 0.717) is 33.7 Å². The van der Waals surface area contributed by atoms with Gasteiger partial charge in [-0.1, -0.05) is 11.8 Å². The van der Waals surface area contributed by atoms with Crippen molar-refractivity contribution < 1.29 is 13.6 Å². The molecule has 0 saturated carbocycles. The number of anilines is 2. The van der Waals surface area contributed by atoms with Crippen LogP contribution in [0, 0.1) is 0 Å². The molecule has 4 nitrogen and oxygen atoms in total. The number of alkyl halides is 2. The third kappa shape index (κ3) is 4.69. The molecule has 0 unspecified atom stereocenters. The molecule has 25 heavy (non-hydrogen) atoms. The summed E-state index contributed by atoms with van der Waals surface area (Å²) in [4.78, 5) is 19.6. The van der Waals surface area contributed by atoms with E-state index in [4.69, 9.17) is 0 Å². The van der Waals surface area contributed by atoms with Crippen LogP contribution in [0.4, 0.5) is 20.3 Å². The lowest BCUT2D eigenvalue weighted by atomic mass is 10.1. The molecule has 0 bridgehead atoms. The van der Waals surface area contributed by atoms with E-state index in [1.165, 1.54) is 6.42 Å². The summed E-state index contributed by atoms with van der Waals surface area (Å²) in [6.07, 6.45) is 5.09. The third-order valence-corrected chi connectivity index (χ3v) is 4.75. The van der Waals surface area contributed by atoms with Crippen LogP contribution in [-0.4, -0.2) is 29.7 Å². The maximum atomic E-state index is 12.6. The number of hydrogen-bond acceptors (Lipinski definition) is 4. The SMILES string of the molecule is O=C(Nc1ccc(SC(F)F)cc1)c1cccnc1N1CCCCC1. The fraction of sp³-hybridized carbons (Fsp3) is 0.333. The van der Waals surface area contributed by atoms with Gasteiger partial charge < -0.3 is 10.2 Å². The van der Waals surface area contributed by atoms with Crippen molar-refractivity contribution in [2.45, 2.75) is 29.9 Å². The van der Waals surface area contributed by atoms with Gasteiger partial charge in [0.15, 0.2) is 0 Å². The van der Waals surface area contributed by atoms with Gasteiger partial charge in [-0.05, 0) is 55.7 Å². The molecule has 1 fully saturated rings. The molecule has 1 saturated heterocycles. The Kier molecular flexibility index (Phi) is 5.86. The number of thioether (sulfide) groups is 1. The Morgan fingerprint density at radius 2 is 1.84 bits per heavy atom. The highest BCUT2D eigenvalue weighted by molar-refractivity contribution is 7.99. The summed E-state index contributed by atoms with van der Waals surface area (Å²) in [6.45, 7) is 1.80. The molecule has 0 atom stereocenters. The maximum Gasteiger partial charge on any atom is 0.288 e. The van der Waals surface area contributed by atoms with Crippen molar-refractivity contribution in [1.82, 2.24) is 4.98 Å². The number of nitrogens with one attached hydrogen (secondary N) is 1. The van der Waals surface area contributed by atoms with E-state index < -0.39 is 5.76 Å². The average molecular weight is 363 g/mol. The molecule has 0 aliphatic carbocycles. The van der Waals surface area contributed by atoms with Gasteiger partial charge in [0.05, 0.1) is 5.56 Å². The Bertz CT molecular complexity index is 719. The highest BCUT2D eigenvalue weighted by Crippen LogP contribution is 2.27. The molecular formula is C18H19F2N3OS. The molecule has 3 rings (SSSR count). The minimum atomic E-state index is -2.46. The molecule has 1 amide bonds. The van der Waals surface area contributed by atoms with Gasteiger partial charge in [0.2, 0.25) is 0 Å². The van der Waals surface area contributed by atoms with Crippen molar-refractivity contribution in [1.29, 1.82) is 0 Å². The van der Waals surface area contributed by atoms with E-state index in [1.54, 1.807) is 42.6 Å². The largest absolute Gasteiger partial charge is 0.356 e. The number of amides is 1. The Balaban J connectivity index is 1.73. The van der Waals surface area contributed by atoms with Crippen molar-refractivity contribution in [3.8, 4) is 0 Å². The topological polar surface area (TPSA) is 45.2 Å². The van der Waals surface area contributed by atoms with E-state index >= 15 is 0 Å². The van der Waals surface area contributed by atoms with Crippen molar-refractivity contribution >= 4 is 29.2 Å². The van der Waals surface area contributed by atoms with Crippen LogP contribution in [0.15, 0.2) is 47.5 Å². The van der Waals surface area contributed by atoms with Gasteiger partial charge in [-0.25, -0.2) is 4.98 Å². The summed E-state index contributed by atoms with van der Waals surface area (Å²) < 4.78 is 24.7. The second-order valence-electron chi connectivity index (χ2n) is 5.78. The van der Waals surface area contributed by atoms with Gasteiger partial charge in [-0.2, -0.15) is 8.78 Å². The molecule has 0 radical (unpaired) electrons. The van der Waals surface area contributed by atoms with E-state index in [2.05, 4.69) is 15.2 Å². The van der Waals surface area contributed by atoms with Gasteiger partial charge in [0, 0.05) is 29.9 Å². The lowest BCUT2D eigenvalue weighted by Gasteiger charge is -2.29. The minimum absolute atomic E-state index is 0.247. The van der Waals surface area contributed by atoms with Crippen molar-refractivity contribution in [3.05, 3.63) is 48.2 Å². The lowest BCUT2D eigenvalue weighted by Crippen LogP contribution is -2.32. The molecule has 1 N–H and O–H groups in total. The molecule has 1 aromatic heterocycles. The first kappa shape index (κ1) is 17.7. The van der Waals surface area contributed by atoms with E-state index in [-0.39, 0.29) is 5.91 Å². The number of piperidine rings is 1. The minimum Gasteiger partial charge on any atom is -0.356 e. The summed E-state index contributed by atoms with van der Waals surface area (Å²) in [5.74, 6) is -2.00. The number of benzene rings is 1. The Morgan fingerprint density at radius 3 is 2.52 bits per heavy atom. The van der Waals surface area contributed by atoms with Crippen LogP contribution < -0.4 is 10.2 Å². The maximum absolute atomic E-state index is 12.6. The Morgan fingerprint density at radius 1 is 1.12 bits per heavy atom. The van der Waals surface area contributed by atoms with Gasteiger partial charge >= 0.3 is 0 Å². The van der Waals surface area contributed by atoms with Crippen LogP contribution in [-0.2, 0) is 0 Å².